The summed E-state index contributed by atoms with van der Waals surface area (Å²) in [5.41, 5.74) is 3.38. The zero-order valence-electron chi connectivity index (χ0n) is 13.4. The summed E-state index contributed by atoms with van der Waals surface area (Å²) < 4.78 is 1.83. The first-order chi connectivity index (χ1) is 11.3. The van der Waals surface area contributed by atoms with E-state index in [0.29, 0.717) is 0 Å². The summed E-state index contributed by atoms with van der Waals surface area (Å²) >= 11 is 0. The molecular formula is C18H21N5. The van der Waals surface area contributed by atoms with E-state index in [-0.39, 0.29) is 0 Å². The van der Waals surface area contributed by atoms with Gasteiger partial charge in [-0.25, -0.2) is 9.97 Å². The second-order valence-corrected chi connectivity index (χ2v) is 6.13. The van der Waals surface area contributed by atoms with Crippen LogP contribution in [0.3, 0.4) is 0 Å². The van der Waals surface area contributed by atoms with E-state index < -0.39 is 0 Å². The van der Waals surface area contributed by atoms with Crippen LogP contribution in [0.25, 0.3) is 16.6 Å². The Kier molecular flexibility index (Phi) is 3.69. The zero-order chi connectivity index (χ0) is 15.6. The fourth-order valence-corrected chi connectivity index (χ4v) is 3.24. The van der Waals surface area contributed by atoms with Crippen LogP contribution in [0.4, 0.5) is 5.95 Å². The van der Waals surface area contributed by atoms with Gasteiger partial charge in [0, 0.05) is 11.9 Å². The first-order valence-corrected chi connectivity index (χ1v) is 8.35. The molecule has 23 heavy (non-hydrogen) atoms. The molecule has 0 radical (unpaired) electrons. The van der Waals surface area contributed by atoms with E-state index in [0.717, 1.165) is 41.3 Å². The number of para-hydroxylation sites is 1. The van der Waals surface area contributed by atoms with Crippen molar-refractivity contribution >= 4 is 22.5 Å². The van der Waals surface area contributed by atoms with Crippen molar-refractivity contribution in [2.45, 2.75) is 39.0 Å². The maximum atomic E-state index is 4.73. The highest BCUT2D eigenvalue weighted by Crippen LogP contribution is 2.22. The van der Waals surface area contributed by atoms with Gasteiger partial charge in [0.15, 0.2) is 5.65 Å². The lowest BCUT2D eigenvalue weighted by Gasteiger charge is -2.13. The highest BCUT2D eigenvalue weighted by atomic mass is 15.4. The summed E-state index contributed by atoms with van der Waals surface area (Å²) in [4.78, 5) is 9.29. The normalized spacial score (nSPS) is 15.1. The van der Waals surface area contributed by atoms with Gasteiger partial charge in [0.1, 0.15) is 5.82 Å². The molecule has 1 aromatic carbocycles. The summed E-state index contributed by atoms with van der Waals surface area (Å²) in [7, 11) is 0. The SMILES string of the molecule is Cc1nc2c3ccccc3nc(NCCC3=CCCCC3)n2n1. The monoisotopic (exact) mass is 307 g/mol. The van der Waals surface area contributed by atoms with Gasteiger partial charge in [-0.2, -0.15) is 4.52 Å². The minimum absolute atomic E-state index is 0.765. The summed E-state index contributed by atoms with van der Waals surface area (Å²) in [6, 6.07) is 8.08. The number of hydrogen-bond donors (Lipinski definition) is 1. The first kappa shape index (κ1) is 14.2. The molecule has 0 saturated carbocycles. The standard InChI is InChI=1S/C18H21N5/c1-13-20-17-15-9-5-6-10-16(15)21-18(23(17)22-13)19-12-11-14-7-3-2-4-8-14/h5-7,9-10H,2-4,8,11-12H2,1H3,(H,19,21). The fourth-order valence-electron chi connectivity index (χ4n) is 3.24. The molecule has 3 aromatic rings. The van der Waals surface area contributed by atoms with Gasteiger partial charge in [-0.05, 0) is 51.2 Å². The molecule has 1 aliphatic carbocycles. The number of anilines is 1. The summed E-state index contributed by atoms with van der Waals surface area (Å²) in [5.74, 6) is 1.54. The summed E-state index contributed by atoms with van der Waals surface area (Å²) in [6.07, 6.45) is 8.60. The number of nitrogens with one attached hydrogen (secondary N) is 1. The van der Waals surface area contributed by atoms with E-state index in [4.69, 9.17) is 4.98 Å². The van der Waals surface area contributed by atoms with Crippen molar-refractivity contribution in [3.05, 3.63) is 41.7 Å². The molecule has 0 bridgehead atoms. The zero-order valence-corrected chi connectivity index (χ0v) is 13.4. The number of aryl methyl sites for hydroxylation is 1. The molecule has 2 heterocycles. The van der Waals surface area contributed by atoms with Gasteiger partial charge in [-0.3, -0.25) is 0 Å². The Morgan fingerprint density at radius 1 is 1.17 bits per heavy atom. The smallest absolute Gasteiger partial charge is 0.226 e. The lowest BCUT2D eigenvalue weighted by molar-refractivity contribution is 0.678. The Morgan fingerprint density at radius 3 is 2.96 bits per heavy atom. The van der Waals surface area contributed by atoms with Crippen molar-refractivity contribution in [1.29, 1.82) is 0 Å². The van der Waals surface area contributed by atoms with Gasteiger partial charge in [0.25, 0.3) is 0 Å². The Balaban J connectivity index is 1.63. The van der Waals surface area contributed by atoms with Crippen molar-refractivity contribution < 1.29 is 0 Å². The molecule has 0 unspecified atom stereocenters. The molecule has 0 atom stereocenters. The number of aromatic nitrogens is 4. The lowest BCUT2D eigenvalue weighted by Crippen LogP contribution is -2.10. The summed E-state index contributed by atoms with van der Waals surface area (Å²) in [6.45, 7) is 2.80. The Labute approximate surface area is 135 Å². The van der Waals surface area contributed by atoms with Gasteiger partial charge in [-0.1, -0.05) is 23.8 Å². The molecule has 5 heteroatoms. The predicted molar refractivity (Wildman–Crippen MR) is 92.7 cm³/mol. The fraction of sp³-hybridized carbons (Fsp3) is 0.389. The lowest BCUT2D eigenvalue weighted by atomic mass is 9.97. The number of allylic oxidation sites excluding steroid dienone is 1. The largest absolute Gasteiger partial charge is 0.354 e. The van der Waals surface area contributed by atoms with Gasteiger partial charge in [-0.15, -0.1) is 5.10 Å². The Hall–Kier alpha value is -2.43. The highest BCUT2D eigenvalue weighted by molar-refractivity contribution is 5.92. The molecule has 0 spiro atoms. The Bertz CT molecular complexity index is 878. The third-order valence-corrected chi connectivity index (χ3v) is 4.40. The Morgan fingerprint density at radius 2 is 2.09 bits per heavy atom. The molecule has 1 N–H and O–H groups in total. The van der Waals surface area contributed by atoms with Crippen LogP contribution < -0.4 is 5.32 Å². The predicted octanol–water partition coefficient (Wildman–Crippen LogP) is 3.89. The van der Waals surface area contributed by atoms with E-state index in [9.17, 15) is 0 Å². The third-order valence-electron chi connectivity index (χ3n) is 4.40. The van der Waals surface area contributed by atoms with E-state index in [1.807, 2.05) is 35.7 Å². The average Bonchev–Trinajstić information content (AvgIpc) is 2.98. The molecular weight excluding hydrogens is 286 g/mol. The number of nitrogens with zero attached hydrogens (tertiary/aromatic N) is 4. The molecule has 2 aromatic heterocycles. The van der Waals surface area contributed by atoms with Crippen LogP contribution in [-0.4, -0.2) is 26.1 Å². The minimum atomic E-state index is 0.765. The van der Waals surface area contributed by atoms with Gasteiger partial charge in [0.05, 0.1) is 5.52 Å². The van der Waals surface area contributed by atoms with Crippen LogP contribution in [0.15, 0.2) is 35.9 Å². The van der Waals surface area contributed by atoms with Crippen LogP contribution in [0, 0.1) is 6.92 Å². The molecule has 0 amide bonds. The van der Waals surface area contributed by atoms with Gasteiger partial charge < -0.3 is 5.32 Å². The molecule has 5 nitrogen and oxygen atoms in total. The third kappa shape index (κ3) is 2.79. The van der Waals surface area contributed by atoms with Crippen molar-refractivity contribution in [2.24, 2.45) is 0 Å². The van der Waals surface area contributed by atoms with Gasteiger partial charge in [0.2, 0.25) is 5.95 Å². The minimum Gasteiger partial charge on any atom is -0.354 e. The molecule has 118 valence electrons. The van der Waals surface area contributed by atoms with Gasteiger partial charge >= 0.3 is 0 Å². The van der Waals surface area contributed by atoms with Crippen LogP contribution in [0.5, 0.6) is 0 Å². The second kappa shape index (κ2) is 5.99. The van der Waals surface area contributed by atoms with Crippen LogP contribution in [0.1, 0.15) is 37.9 Å². The van der Waals surface area contributed by atoms with Crippen LogP contribution in [-0.2, 0) is 0 Å². The highest BCUT2D eigenvalue weighted by Gasteiger charge is 2.11. The van der Waals surface area contributed by atoms with Crippen molar-refractivity contribution in [1.82, 2.24) is 19.6 Å². The maximum absolute atomic E-state index is 4.73. The van der Waals surface area contributed by atoms with E-state index in [1.54, 1.807) is 5.57 Å². The summed E-state index contributed by atoms with van der Waals surface area (Å²) in [5, 5.41) is 8.98. The number of hydrogen-bond acceptors (Lipinski definition) is 4. The van der Waals surface area contributed by atoms with Crippen LogP contribution >= 0.6 is 0 Å². The average molecular weight is 307 g/mol. The van der Waals surface area contributed by atoms with E-state index >= 15 is 0 Å². The topological polar surface area (TPSA) is 55.1 Å². The van der Waals surface area contributed by atoms with Crippen molar-refractivity contribution in [2.75, 3.05) is 11.9 Å². The molecule has 0 saturated heterocycles. The molecule has 0 fully saturated rings. The quantitative estimate of drug-likeness (QED) is 0.743. The maximum Gasteiger partial charge on any atom is 0.226 e. The van der Waals surface area contributed by atoms with Crippen molar-refractivity contribution in [3.63, 3.8) is 0 Å². The molecule has 1 aliphatic rings. The second-order valence-electron chi connectivity index (χ2n) is 6.13. The molecule has 4 rings (SSSR count). The van der Waals surface area contributed by atoms with E-state index in [2.05, 4.69) is 21.5 Å². The number of fused-ring (bicyclic) bond motifs is 3. The molecule has 0 aliphatic heterocycles. The van der Waals surface area contributed by atoms with Crippen molar-refractivity contribution in [3.8, 4) is 0 Å². The number of rotatable bonds is 4. The number of benzene rings is 1. The first-order valence-electron chi connectivity index (χ1n) is 8.35. The van der Waals surface area contributed by atoms with Crippen LogP contribution in [0.2, 0.25) is 0 Å². The van der Waals surface area contributed by atoms with E-state index in [1.165, 1.54) is 25.7 Å².